The summed E-state index contributed by atoms with van der Waals surface area (Å²) in [7, 11) is 1.19. The maximum atomic E-state index is 12.4. The Morgan fingerprint density at radius 1 is 1.60 bits per heavy atom. The Kier molecular flexibility index (Phi) is 4.14. The SMILES string of the molecule is COC(=O)c1cc(CBr)nc(C(F)F)c1. The molecule has 0 N–H and O–H groups in total. The predicted molar refractivity (Wildman–Crippen MR) is 53.2 cm³/mol. The Balaban J connectivity index is 3.17. The van der Waals surface area contributed by atoms with Crippen molar-refractivity contribution in [2.24, 2.45) is 0 Å². The van der Waals surface area contributed by atoms with Crippen molar-refractivity contribution in [3.63, 3.8) is 0 Å². The van der Waals surface area contributed by atoms with E-state index in [1.165, 1.54) is 13.2 Å². The van der Waals surface area contributed by atoms with Crippen molar-refractivity contribution in [3.8, 4) is 0 Å². The number of rotatable bonds is 3. The summed E-state index contributed by atoms with van der Waals surface area (Å²) >= 11 is 3.09. The molecule has 1 aromatic rings. The van der Waals surface area contributed by atoms with E-state index in [1.54, 1.807) is 0 Å². The van der Waals surface area contributed by atoms with E-state index in [0.717, 1.165) is 6.07 Å². The number of hydrogen-bond acceptors (Lipinski definition) is 3. The molecule has 0 saturated heterocycles. The van der Waals surface area contributed by atoms with E-state index in [4.69, 9.17) is 0 Å². The van der Waals surface area contributed by atoms with Crippen molar-refractivity contribution in [3.05, 3.63) is 29.1 Å². The summed E-state index contributed by atoms with van der Waals surface area (Å²) in [4.78, 5) is 14.8. The Morgan fingerprint density at radius 2 is 2.27 bits per heavy atom. The summed E-state index contributed by atoms with van der Waals surface area (Å²) in [5.74, 6) is -0.651. The van der Waals surface area contributed by atoms with E-state index in [-0.39, 0.29) is 5.56 Å². The van der Waals surface area contributed by atoms with Crippen LogP contribution in [0.2, 0.25) is 0 Å². The second-order valence-electron chi connectivity index (χ2n) is 2.70. The summed E-state index contributed by atoms with van der Waals surface area (Å²) in [5, 5.41) is 0.303. The molecule has 0 saturated carbocycles. The second-order valence-corrected chi connectivity index (χ2v) is 3.26. The lowest BCUT2D eigenvalue weighted by Gasteiger charge is -2.05. The average molecular weight is 280 g/mol. The lowest BCUT2D eigenvalue weighted by atomic mass is 10.2. The summed E-state index contributed by atoms with van der Waals surface area (Å²) in [5.41, 5.74) is 0.0257. The zero-order chi connectivity index (χ0) is 11.4. The number of halogens is 3. The first-order valence-electron chi connectivity index (χ1n) is 4.01. The van der Waals surface area contributed by atoms with Crippen molar-refractivity contribution >= 4 is 21.9 Å². The van der Waals surface area contributed by atoms with Gasteiger partial charge in [-0.15, -0.1) is 0 Å². The predicted octanol–water partition coefficient (Wildman–Crippen LogP) is 2.70. The number of carbonyl (C=O) groups is 1. The van der Waals surface area contributed by atoms with Crippen molar-refractivity contribution in [1.29, 1.82) is 0 Å². The van der Waals surface area contributed by atoms with Crippen LogP contribution in [0.3, 0.4) is 0 Å². The normalized spacial score (nSPS) is 10.5. The highest BCUT2D eigenvalue weighted by Crippen LogP contribution is 2.19. The van der Waals surface area contributed by atoms with Gasteiger partial charge in [-0.2, -0.15) is 0 Å². The topological polar surface area (TPSA) is 39.2 Å². The van der Waals surface area contributed by atoms with E-state index >= 15 is 0 Å². The molecular weight excluding hydrogens is 272 g/mol. The number of alkyl halides is 3. The first kappa shape index (κ1) is 12.0. The van der Waals surface area contributed by atoms with Crippen LogP contribution in [0.25, 0.3) is 0 Å². The first-order chi connectivity index (χ1) is 7.08. The molecule has 0 atom stereocenters. The van der Waals surface area contributed by atoms with Gasteiger partial charge in [0.25, 0.3) is 6.43 Å². The molecule has 0 aromatic carbocycles. The molecule has 3 nitrogen and oxygen atoms in total. The fraction of sp³-hybridized carbons (Fsp3) is 0.333. The van der Waals surface area contributed by atoms with E-state index in [2.05, 4.69) is 25.7 Å². The van der Waals surface area contributed by atoms with Gasteiger partial charge in [-0.05, 0) is 12.1 Å². The average Bonchev–Trinajstić information content (AvgIpc) is 2.27. The van der Waals surface area contributed by atoms with Crippen molar-refractivity contribution in [1.82, 2.24) is 4.98 Å². The van der Waals surface area contributed by atoms with E-state index in [0.29, 0.717) is 11.0 Å². The Morgan fingerprint density at radius 3 is 2.73 bits per heavy atom. The van der Waals surface area contributed by atoms with Gasteiger partial charge in [0.15, 0.2) is 0 Å². The van der Waals surface area contributed by atoms with Gasteiger partial charge < -0.3 is 4.74 Å². The van der Waals surface area contributed by atoms with Crippen LogP contribution in [0.15, 0.2) is 12.1 Å². The Bertz CT molecular complexity index is 371. The number of nitrogens with zero attached hydrogens (tertiary/aromatic N) is 1. The lowest BCUT2D eigenvalue weighted by Crippen LogP contribution is -2.05. The molecule has 1 aromatic heterocycles. The van der Waals surface area contributed by atoms with Crippen molar-refractivity contribution < 1.29 is 18.3 Å². The number of methoxy groups -OCH3 is 1. The molecule has 1 heterocycles. The standard InChI is InChI=1S/C9H8BrF2NO2/c1-15-9(14)5-2-6(4-10)13-7(3-5)8(11)12/h2-3,8H,4H2,1H3. The van der Waals surface area contributed by atoms with Crippen LogP contribution in [-0.4, -0.2) is 18.1 Å². The van der Waals surface area contributed by atoms with Crippen molar-refractivity contribution in [2.45, 2.75) is 11.8 Å². The van der Waals surface area contributed by atoms with Crippen LogP contribution in [0, 0.1) is 0 Å². The molecule has 0 aliphatic carbocycles. The molecule has 0 fully saturated rings. The van der Waals surface area contributed by atoms with Crippen LogP contribution in [-0.2, 0) is 10.1 Å². The summed E-state index contributed by atoms with van der Waals surface area (Å²) in [6, 6.07) is 2.44. The fourth-order valence-electron chi connectivity index (χ4n) is 1.03. The monoisotopic (exact) mass is 279 g/mol. The van der Waals surface area contributed by atoms with Crippen LogP contribution in [0.5, 0.6) is 0 Å². The molecule has 15 heavy (non-hydrogen) atoms. The van der Waals surface area contributed by atoms with Gasteiger partial charge in [0.2, 0.25) is 0 Å². The smallest absolute Gasteiger partial charge is 0.337 e. The minimum absolute atomic E-state index is 0.0808. The molecule has 0 amide bonds. The van der Waals surface area contributed by atoms with E-state index in [9.17, 15) is 13.6 Å². The number of aromatic nitrogens is 1. The number of ether oxygens (including phenoxy) is 1. The van der Waals surface area contributed by atoms with Crippen LogP contribution >= 0.6 is 15.9 Å². The molecule has 0 radical (unpaired) electrons. The van der Waals surface area contributed by atoms with E-state index < -0.39 is 18.1 Å². The van der Waals surface area contributed by atoms with Gasteiger partial charge >= 0.3 is 5.97 Å². The van der Waals surface area contributed by atoms with Gasteiger partial charge in [-0.25, -0.2) is 13.6 Å². The zero-order valence-electron chi connectivity index (χ0n) is 7.84. The maximum Gasteiger partial charge on any atom is 0.337 e. The number of pyridine rings is 1. The van der Waals surface area contributed by atoms with Crippen LogP contribution in [0.4, 0.5) is 8.78 Å². The lowest BCUT2D eigenvalue weighted by molar-refractivity contribution is 0.0600. The molecule has 0 bridgehead atoms. The maximum absolute atomic E-state index is 12.4. The summed E-state index contributed by atoms with van der Waals surface area (Å²) in [6.45, 7) is 0. The number of carbonyl (C=O) groups excluding carboxylic acids is 1. The Hall–Kier alpha value is -1.04. The van der Waals surface area contributed by atoms with E-state index in [1.807, 2.05) is 0 Å². The molecule has 0 spiro atoms. The second kappa shape index (κ2) is 5.16. The number of esters is 1. The molecule has 6 heteroatoms. The van der Waals surface area contributed by atoms with Gasteiger partial charge in [0.05, 0.1) is 18.4 Å². The molecule has 1 rings (SSSR count). The van der Waals surface area contributed by atoms with Gasteiger partial charge in [0.1, 0.15) is 5.69 Å². The minimum Gasteiger partial charge on any atom is -0.465 e. The molecule has 0 aliphatic rings. The molecule has 0 aliphatic heterocycles. The first-order valence-corrected chi connectivity index (χ1v) is 5.14. The highest BCUT2D eigenvalue weighted by molar-refractivity contribution is 9.08. The summed E-state index contributed by atoms with van der Waals surface area (Å²) < 4.78 is 29.2. The van der Waals surface area contributed by atoms with Crippen LogP contribution in [0.1, 0.15) is 28.2 Å². The molecule has 0 unspecified atom stereocenters. The quantitative estimate of drug-likeness (QED) is 0.631. The largest absolute Gasteiger partial charge is 0.465 e. The van der Waals surface area contributed by atoms with Crippen molar-refractivity contribution in [2.75, 3.05) is 7.11 Å². The van der Waals surface area contributed by atoms with Crippen LogP contribution < -0.4 is 0 Å². The fourth-order valence-corrected chi connectivity index (χ4v) is 1.31. The Labute approximate surface area is 93.6 Å². The van der Waals surface area contributed by atoms with Gasteiger partial charge in [-0.1, -0.05) is 15.9 Å². The third-order valence-electron chi connectivity index (χ3n) is 1.68. The van der Waals surface area contributed by atoms with Gasteiger partial charge in [0, 0.05) is 5.33 Å². The van der Waals surface area contributed by atoms with Gasteiger partial charge in [-0.3, -0.25) is 4.98 Å². The zero-order valence-corrected chi connectivity index (χ0v) is 9.42. The third kappa shape index (κ3) is 2.95. The number of hydrogen-bond donors (Lipinski definition) is 0. The highest BCUT2D eigenvalue weighted by atomic mass is 79.9. The minimum atomic E-state index is -2.70. The summed E-state index contributed by atoms with van der Waals surface area (Å²) in [6.07, 6.45) is -2.70. The third-order valence-corrected chi connectivity index (χ3v) is 2.25. The molecular formula is C9H8BrF2NO2. The highest BCUT2D eigenvalue weighted by Gasteiger charge is 2.15. The molecule has 82 valence electrons.